The maximum absolute atomic E-state index is 5.90. The van der Waals surface area contributed by atoms with Crippen LogP contribution in [-0.2, 0) is 5.33 Å². The van der Waals surface area contributed by atoms with Crippen LogP contribution in [-0.4, -0.2) is 0 Å². The van der Waals surface area contributed by atoms with Gasteiger partial charge in [0.05, 0.1) is 0 Å². The van der Waals surface area contributed by atoms with Crippen molar-refractivity contribution < 1.29 is 0 Å². The average molecular weight is 368 g/mol. The van der Waals surface area contributed by atoms with Crippen molar-refractivity contribution in [2.75, 3.05) is 5.73 Å². The summed E-state index contributed by atoms with van der Waals surface area (Å²) >= 11 is 7.53. The van der Waals surface area contributed by atoms with E-state index in [-0.39, 0.29) is 0 Å². The van der Waals surface area contributed by atoms with Crippen LogP contribution in [0.2, 0.25) is 0 Å². The van der Waals surface area contributed by atoms with Gasteiger partial charge >= 0.3 is 0 Å². The van der Waals surface area contributed by atoms with Gasteiger partial charge in [0.15, 0.2) is 0 Å². The minimum absolute atomic E-state index is 0.823. The average Bonchev–Trinajstić information content (AvgIpc) is 2.47. The van der Waals surface area contributed by atoms with Gasteiger partial charge in [-0.3, -0.25) is 0 Å². The lowest BCUT2D eigenvalue weighted by molar-refractivity contribution is 1.47. The first-order valence-electron chi connectivity index (χ1n) is 3.73. The van der Waals surface area contributed by atoms with E-state index >= 15 is 0 Å². The van der Waals surface area contributed by atoms with Crippen LogP contribution < -0.4 is 5.73 Å². The van der Waals surface area contributed by atoms with Gasteiger partial charge in [-0.1, -0.05) is 15.9 Å². The van der Waals surface area contributed by atoms with Gasteiger partial charge in [0, 0.05) is 30.1 Å². The van der Waals surface area contributed by atoms with Gasteiger partial charge in [-0.25, -0.2) is 0 Å². The fourth-order valence-corrected chi connectivity index (χ4v) is 3.58. The quantitative estimate of drug-likeness (QED) is 0.460. The fraction of sp³-hybridized carbons (Fsp3) is 0.111. The Balaban J connectivity index is 2.76. The van der Waals surface area contributed by atoms with Crippen LogP contribution >= 0.6 is 49.9 Å². The molecule has 4 heteroatoms. The summed E-state index contributed by atoms with van der Waals surface area (Å²) in [7, 11) is 0. The number of nitrogen functional groups attached to an aromatic ring is 1. The standard InChI is InChI=1S/C9H7BrINS/c10-3-5-1-9-6(2-8(5)12)7(11)4-13-9/h1-2,4H,3,12H2. The van der Waals surface area contributed by atoms with E-state index in [0.29, 0.717) is 0 Å². The lowest BCUT2D eigenvalue weighted by atomic mass is 10.1. The van der Waals surface area contributed by atoms with Gasteiger partial charge in [0.1, 0.15) is 0 Å². The summed E-state index contributed by atoms with van der Waals surface area (Å²) in [5.74, 6) is 0. The second-order valence-electron chi connectivity index (χ2n) is 2.76. The van der Waals surface area contributed by atoms with Crippen molar-refractivity contribution in [1.29, 1.82) is 0 Å². The number of benzene rings is 1. The maximum atomic E-state index is 5.90. The smallest absolute Gasteiger partial charge is 0.0362 e. The van der Waals surface area contributed by atoms with Crippen molar-refractivity contribution in [1.82, 2.24) is 0 Å². The van der Waals surface area contributed by atoms with Gasteiger partial charge in [-0.2, -0.15) is 0 Å². The number of hydrogen-bond acceptors (Lipinski definition) is 2. The predicted molar refractivity (Wildman–Crippen MR) is 71.6 cm³/mol. The first-order chi connectivity index (χ1) is 6.22. The molecule has 0 aliphatic rings. The second-order valence-corrected chi connectivity index (χ2v) is 5.40. The molecule has 0 aliphatic carbocycles. The number of fused-ring (bicyclic) bond motifs is 1. The fourth-order valence-electron chi connectivity index (χ4n) is 1.22. The van der Waals surface area contributed by atoms with Crippen molar-refractivity contribution in [3.8, 4) is 0 Å². The number of rotatable bonds is 1. The lowest BCUT2D eigenvalue weighted by Crippen LogP contribution is -1.90. The van der Waals surface area contributed by atoms with E-state index in [0.717, 1.165) is 11.0 Å². The number of alkyl halides is 1. The molecule has 0 aliphatic heterocycles. The molecule has 1 heterocycles. The topological polar surface area (TPSA) is 26.0 Å². The van der Waals surface area contributed by atoms with E-state index in [9.17, 15) is 0 Å². The Morgan fingerprint density at radius 1 is 1.46 bits per heavy atom. The molecule has 0 saturated carbocycles. The van der Waals surface area contributed by atoms with Crippen molar-refractivity contribution in [2.45, 2.75) is 5.33 Å². The van der Waals surface area contributed by atoms with Gasteiger partial charge in [-0.15, -0.1) is 11.3 Å². The highest BCUT2D eigenvalue weighted by atomic mass is 127. The molecule has 0 spiro atoms. The monoisotopic (exact) mass is 367 g/mol. The molecule has 0 bridgehead atoms. The number of anilines is 1. The van der Waals surface area contributed by atoms with Crippen LogP contribution in [0.5, 0.6) is 0 Å². The Morgan fingerprint density at radius 2 is 2.23 bits per heavy atom. The summed E-state index contributed by atoms with van der Waals surface area (Å²) in [6, 6.07) is 4.22. The predicted octanol–water partition coefficient (Wildman–Crippen LogP) is 3.98. The molecular weight excluding hydrogens is 361 g/mol. The van der Waals surface area contributed by atoms with Gasteiger partial charge in [0.2, 0.25) is 0 Å². The second kappa shape index (κ2) is 3.74. The molecular formula is C9H7BrINS. The normalized spacial score (nSPS) is 10.9. The third kappa shape index (κ3) is 1.71. The molecule has 2 aromatic rings. The third-order valence-electron chi connectivity index (χ3n) is 1.93. The molecule has 1 aromatic carbocycles. The van der Waals surface area contributed by atoms with Crippen molar-refractivity contribution in [3.63, 3.8) is 0 Å². The van der Waals surface area contributed by atoms with Crippen molar-refractivity contribution in [2.24, 2.45) is 0 Å². The largest absolute Gasteiger partial charge is 0.398 e. The number of hydrogen-bond donors (Lipinski definition) is 1. The number of halogens is 2. The molecule has 0 saturated heterocycles. The molecule has 0 atom stereocenters. The van der Waals surface area contributed by atoms with E-state index in [1.807, 2.05) is 0 Å². The molecule has 13 heavy (non-hydrogen) atoms. The van der Waals surface area contributed by atoms with Gasteiger partial charge in [-0.05, 0) is 40.3 Å². The van der Waals surface area contributed by atoms with Gasteiger partial charge in [0.25, 0.3) is 0 Å². The molecule has 0 unspecified atom stereocenters. The molecule has 0 amide bonds. The zero-order valence-corrected chi connectivity index (χ0v) is 11.2. The number of nitrogens with two attached hydrogens (primary N) is 1. The van der Waals surface area contributed by atoms with Crippen molar-refractivity contribution >= 4 is 65.6 Å². The van der Waals surface area contributed by atoms with Gasteiger partial charge < -0.3 is 5.73 Å². The molecule has 2 N–H and O–H groups in total. The first kappa shape index (κ1) is 9.73. The zero-order chi connectivity index (χ0) is 9.42. The summed E-state index contributed by atoms with van der Waals surface area (Å²) in [5, 5.41) is 4.25. The molecule has 2 rings (SSSR count). The highest BCUT2D eigenvalue weighted by Crippen LogP contribution is 2.31. The highest BCUT2D eigenvalue weighted by Gasteiger charge is 2.05. The van der Waals surface area contributed by atoms with Crippen LogP contribution in [0.4, 0.5) is 5.69 Å². The summed E-state index contributed by atoms with van der Waals surface area (Å²) in [4.78, 5) is 0. The lowest BCUT2D eigenvalue weighted by Gasteiger charge is -2.01. The maximum Gasteiger partial charge on any atom is 0.0362 e. The molecule has 0 radical (unpaired) electrons. The number of thiophene rings is 1. The van der Waals surface area contributed by atoms with E-state index in [1.54, 1.807) is 11.3 Å². The SMILES string of the molecule is Nc1cc2c(I)csc2cc1CBr. The minimum Gasteiger partial charge on any atom is -0.398 e. The van der Waals surface area contributed by atoms with Crippen LogP contribution in [0.1, 0.15) is 5.56 Å². The van der Waals surface area contributed by atoms with Crippen LogP contribution in [0.3, 0.4) is 0 Å². The highest BCUT2D eigenvalue weighted by molar-refractivity contribution is 14.1. The summed E-state index contributed by atoms with van der Waals surface area (Å²) < 4.78 is 2.60. The van der Waals surface area contributed by atoms with Crippen LogP contribution in [0, 0.1) is 3.57 Å². The Hall–Kier alpha value is 0.190. The summed E-state index contributed by atoms with van der Waals surface area (Å²) in [5.41, 5.74) is 7.94. The molecule has 68 valence electrons. The summed E-state index contributed by atoms with van der Waals surface area (Å²) in [6.45, 7) is 0. The first-order valence-corrected chi connectivity index (χ1v) is 6.81. The summed E-state index contributed by atoms with van der Waals surface area (Å²) in [6.07, 6.45) is 0. The molecule has 0 fully saturated rings. The van der Waals surface area contributed by atoms with Crippen LogP contribution in [0.25, 0.3) is 10.1 Å². The zero-order valence-electron chi connectivity index (χ0n) is 6.68. The third-order valence-corrected chi connectivity index (χ3v) is 4.80. The Kier molecular flexibility index (Phi) is 2.80. The van der Waals surface area contributed by atoms with Crippen LogP contribution in [0.15, 0.2) is 17.5 Å². The van der Waals surface area contributed by atoms with Crippen molar-refractivity contribution in [3.05, 3.63) is 26.6 Å². The van der Waals surface area contributed by atoms with E-state index < -0.39 is 0 Å². The Labute approximate surface area is 103 Å². The molecule has 1 nitrogen and oxygen atoms in total. The van der Waals surface area contributed by atoms with E-state index in [1.165, 1.54) is 19.2 Å². The Bertz CT molecular complexity index is 452. The van der Waals surface area contributed by atoms with E-state index in [4.69, 9.17) is 5.73 Å². The van der Waals surface area contributed by atoms with E-state index in [2.05, 4.69) is 56.0 Å². The minimum atomic E-state index is 0.823. The Morgan fingerprint density at radius 3 is 2.92 bits per heavy atom. The molecule has 1 aromatic heterocycles.